The number of hydrogen-bond donors (Lipinski definition) is 2. The molecule has 2 heterocycles. The smallest absolute Gasteiger partial charge is 0.328 e. The van der Waals surface area contributed by atoms with Gasteiger partial charge in [0.15, 0.2) is 0 Å². The number of H-pyrrole nitrogens is 1. The summed E-state index contributed by atoms with van der Waals surface area (Å²) in [6.07, 6.45) is 6.20. The van der Waals surface area contributed by atoms with E-state index in [4.69, 9.17) is 5.11 Å². The Balaban J connectivity index is 1.75. The van der Waals surface area contributed by atoms with Crippen LogP contribution in [0.1, 0.15) is 51.3 Å². The number of nitrogens with zero attached hydrogens (tertiary/aromatic N) is 1. The van der Waals surface area contributed by atoms with E-state index >= 15 is 0 Å². The predicted octanol–water partition coefficient (Wildman–Crippen LogP) is 7.24. The van der Waals surface area contributed by atoms with Crippen LogP contribution in [0.4, 0.5) is 4.39 Å². The van der Waals surface area contributed by atoms with Crippen molar-refractivity contribution in [3.63, 3.8) is 0 Å². The molecule has 0 saturated heterocycles. The third-order valence-corrected chi connectivity index (χ3v) is 7.49. The second kappa shape index (κ2) is 9.03. The summed E-state index contributed by atoms with van der Waals surface area (Å²) in [6.45, 7) is 4.30. The monoisotopic (exact) mass is 472 g/mol. The van der Waals surface area contributed by atoms with Crippen LogP contribution < -0.4 is 0 Å². The molecule has 2 aromatic heterocycles. The summed E-state index contributed by atoms with van der Waals surface area (Å²) in [5.41, 5.74) is 7.07. The number of thiophene rings is 1. The number of aromatic amines is 1. The standard InChI is InChI=1S/C28H25FN2O2S/c1-16-14-22(17(2)34-16)27(19-4-3-5-19)26(20-9-6-18(7-10-20)8-13-25(32)33)21-11-12-24-23(15-21)28(29)31-30-24/h6-15,19H,3-5H2,1-2H3,(H,30,31)(H,32,33)/b13-8+,27-26+. The summed E-state index contributed by atoms with van der Waals surface area (Å²) in [4.78, 5) is 13.5. The quantitative estimate of drug-likeness (QED) is 0.291. The number of aliphatic carboxylic acids is 1. The Morgan fingerprint density at radius 2 is 1.85 bits per heavy atom. The van der Waals surface area contributed by atoms with E-state index < -0.39 is 11.9 Å². The lowest BCUT2D eigenvalue weighted by Gasteiger charge is -2.31. The van der Waals surface area contributed by atoms with Gasteiger partial charge in [-0.2, -0.15) is 9.49 Å². The highest BCUT2D eigenvalue weighted by Gasteiger charge is 2.29. The first-order valence-corrected chi connectivity index (χ1v) is 12.2. The Morgan fingerprint density at radius 1 is 1.12 bits per heavy atom. The second-order valence-corrected chi connectivity index (χ2v) is 10.3. The molecule has 1 aliphatic rings. The fourth-order valence-corrected chi connectivity index (χ4v) is 5.63. The van der Waals surface area contributed by atoms with Gasteiger partial charge >= 0.3 is 5.97 Å². The number of carbonyl (C=O) groups is 1. The number of hydrogen-bond acceptors (Lipinski definition) is 3. The zero-order valence-electron chi connectivity index (χ0n) is 19.1. The van der Waals surface area contributed by atoms with E-state index in [2.05, 4.69) is 30.1 Å². The first kappa shape index (κ1) is 22.3. The van der Waals surface area contributed by atoms with Crippen molar-refractivity contribution in [2.45, 2.75) is 33.1 Å². The number of aromatic nitrogens is 2. The van der Waals surface area contributed by atoms with E-state index in [0.717, 1.165) is 41.2 Å². The Bertz CT molecular complexity index is 1440. The molecule has 1 saturated carbocycles. The van der Waals surface area contributed by atoms with Gasteiger partial charge in [0.1, 0.15) is 0 Å². The average Bonchev–Trinajstić information content (AvgIpc) is 3.32. The van der Waals surface area contributed by atoms with Crippen LogP contribution in [0.2, 0.25) is 0 Å². The van der Waals surface area contributed by atoms with Crippen molar-refractivity contribution in [2.24, 2.45) is 5.92 Å². The first-order chi connectivity index (χ1) is 16.4. The van der Waals surface area contributed by atoms with Gasteiger partial charge in [0.2, 0.25) is 5.95 Å². The van der Waals surface area contributed by atoms with Crippen LogP contribution in [0.25, 0.3) is 28.1 Å². The Kier molecular flexibility index (Phi) is 5.92. The van der Waals surface area contributed by atoms with Crippen molar-refractivity contribution < 1.29 is 14.3 Å². The summed E-state index contributed by atoms with van der Waals surface area (Å²) in [5.74, 6) is -0.965. The van der Waals surface area contributed by atoms with Gasteiger partial charge in [0.25, 0.3) is 0 Å². The van der Waals surface area contributed by atoms with Crippen LogP contribution in [-0.4, -0.2) is 21.3 Å². The molecule has 34 heavy (non-hydrogen) atoms. The Morgan fingerprint density at radius 3 is 2.47 bits per heavy atom. The molecule has 0 radical (unpaired) electrons. The molecule has 1 aliphatic carbocycles. The van der Waals surface area contributed by atoms with E-state index in [0.29, 0.717) is 16.8 Å². The van der Waals surface area contributed by atoms with Crippen LogP contribution in [0, 0.1) is 25.7 Å². The molecule has 0 spiro atoms. The molecule has 5 rings (SSSR count). The number of halogens is 1. The van der Waals surface area contributed by atoms with Gasteiger partial charge in [-0.1, -0.05) is 36.8 Å². The number of aryl methyl sites for hydroxylation is 2. The topological polar surface area (TPSA) is 66.0 Å². The number of allylic oxidation sites excluding steroid dienone is 1. The van der Waals surface area contributed by atoms with E-state index in [-0.39, 0.29) is 0 Å². The summed E-state index contributed by atoms with van der Waals surface area (Å²) in [5, 5.41) is 15.9. The third-order valence-electron chi connectivity index (χ3n) is 6.53. The van der Waals surface area contributed by atoms with Crippen molar-refractivity contribution in [3.8, 4) is 0 Å². The maximum absolute atomic E-state index is 14.4. The fourth-order valence-electron chi connectivity index (χ4n) is 4.69. The van der Waals surface area contributed by atoms with Gasteiger partial charge in [0, 0.05) is 15.8 Å². The third kappa shape index (κ3) is 4.21. The van der Waals surface area contributed by atoms with Crippen molar-refractivity contribution in [3.05, 3.63) is 92.6 Å². The lowest BCUT2D eigenvalue weighted by atomic mass is 9.73. The number of fused-ring (bicyclic) bond motifs is 1. The molecule has 0 atom stereocenters. The summed E-state index contributed by atoms with van der Waals surface area (Å²) in [7, 11) is 0. The molecule has 0 aliphatic heterocycles. The normalized spacial score (nSPS) is 15.0. The van der Waals surface area contributed by atoms with E-state index in [1.807, 2.05) is 42.5 Å². The van der Waals surface area contributed by atoms with Crippen molar-refractivity contribution in [1.29, 1.82) is 0 Å². The summed E-state index contributed by atoms with van der Waals surface area (Å²) < 4.78 is 14.4. The molecule has 2 N–H and O–H groups in total. The molecule has 2 aromatic carbocycles. The fraction of sp³-hybridized carbons (Fsp3) is 0.214. The van der Waals surface area contributed by atoms with Crippen LogP contribution in [0.5, 0.6) is 0 Å². The zero-order chi connectivity index (χ0) is 23.8. The van der Waals surface area contributed by atoms with Crippen LogP contribution >= 0.6 is 11.3 Å². The SMILES string of the molecule is Cc1cc(/C(=C(\c2ccc(/C=C/C(=O)O)cc2)c2ccc3n[nH]c(F)c3c2)C2CCC2)c(C)s1. The van der Waals surface area contributed by atoms with Gasteiger partial charge in [0.05, 0.1) is 10.9 Å². The van der Waals surface area contributed by atoms with Gasteiger partial charge in [-0.3, -0.25) is 5.10 Å². The van der Waals surface area contributed by atoms with Crippen LogP contribution in [-0.2, 0) is 4.79 Å². The molecule has 1 fully saturated rings. The van der Waals surface area contributed by atoms with Crippen molar-refractivity contribution in [1.82, 2.24) is 10.2 Å². The van der Waals surface area contributed by atoms with Crippen molar-refractivity contribution >= 4 is 45.4 Å². The van der Waals surface area contributed by atoms with Crippen LogP contribution in [0.15, 0.2) is 54.6 Å². The number of rotatable bonds is 6. The molecular weight excluding hydrogens is 447 g/mol. The second-order valence-electron chi connectivity index (χ2n) is 8.81. The average molecular weight is 473 g/mol. The number of carboxylic acid groups (broad SMARTS) is 1. The lowest BCUT2D eigenvalue weighted by molar-refractivity contribution is -0.131. The van der Waals surface area contributed by atoms with Crippen LogP contribution in [0.3, 0.4) is 0 Å². The maximum Gasteiger partial charge on any atom is 0.328 e. The van der Waals surface area contributed by atoms with E-state index in [9.17, 15) is 9.18 Å². The lowest BCUT2D eigenvalue weighted by Crippen LogP contribution is -2.15. The van der Waals surface area contributed by atoms with Gasteiger partial charge in [-0.25, -0.2) is 4.79 Å². The Labute approximate surface area is 201 Å². The predicted molar refractivity (Wildman–Crippen MR) is 136 cm³/mol. The van der Waals surface area contributed by atoms with Crippen molar-refractivity contribution in [2.75, 3.05) is 0 Å². The number of carboxylic acids is 1. The van der Waals surface area contributed by atoms with Gasteiger partial charge in [-0.05, 0) is 90.3 Å². The molecule has 0 unspecified atom stereocenters. The number of nitrogens with one attached hydrogen (secondary N) is 1. The minimum absolute atomic E-state index is 0.432. The van der Waals surface area contributed by atoms with Gasteiger partial charge < -0.3 is 5.11 Å². The largest absolute Gasteiger partial charge is 0.478 e. The molecule has 4 nitrogen and oxygen atoms in total. The highest BCUT2D eigenvalue weighted by molar-refractivity contribution is 7.12. The first-order valence-electron chi connectivity index (χ1n) is 11.4. The zero-order valence-corrected chi connectivity index (χ0v) is 19.9. The molecule has 172 valence electrons. The minimum Gasteiger partial charge on any atom is -0.478 e. The van der Waals surface area contributed by atoms with E-state index in [1.54, 1.807) is 17.4 Å². The van der Waals surface area contributed by atoms with E-state index in [1.165, 1.54) is 27.3 Å². The highest BCUT2D eigenvalue weighted by atomic mass is 32.1. The summed E-state index contributed by atoms with van der Waals surface area (Å²) in [6, 6.07) is 15.9. The highest BCUT2D eigenvalue weighted by Crippen LogP contribution is 2.47. The summed E-state index contributed by atoms with van der Waals surface area (Å²) >= 11 is 1.80. The molecule has 0 amide bonds. The number of benzene rings is 2. The molecule has 0 bridgehead atoms. The molecular formula is C28H25FN2O2S. The molecule has 6 heteroatoms. The Hall–Kier alpha value is -3.51. The minimum atomic E-state index is -0.976. The molecule has 4 aromatic rings. The van der Waals surface area contributed by atoms with Gasteiger partial charge in [-0.15, -0.1) is 11.3 Å². The maximum atomic E-state index is 14.4.